The van der Waals surface area contributed by atoms with Gasteiger partial charge in [0.1, 0.15) is 0 Å². The summed E-state index contributed by atoms with van der Waals surface area (Å²) in [5.41, 5.74) is 2.95. The number of benzene rings is 1. The molecule has 0 saturated carbocycles. The third-order valence-corrected chi connectivity index (χ3v) is 4.19. The monoisotopic (exact) mass is 317 g/mol. The molecular weight excluding hydrogens is 296 g/mol. The Balaban J connectivity index is 1.51. The van der Waals surface area contributed by atoms with E-state index >= 15 is 0 Å². The molecule has 1 aromatic heterocycles. The zero-order chi connectivity index (χ0) is 16.2. The second kappa shape index (κ2) is 7.15. The smallest absolute Gasteiger partial charge is 0.159 e. The van der Waals surface area contributed by atoms with Gasteiger partial charge in [-0.15, -0.1) is 0 Å². The molecular formula is C18H21F2N3. The van der Waals surface area contributed by atoms with E-state index in [2.05, 4.69) is 20.9 Å². The average molecular weight is 317 g/mol. The summed E-state index contributed by atoms with van der Waals surface area (Å²) in [5, 5.41) is 0. The van der Waals surface area contributed by atoms with E-state index in [4.69, 9.17) is 0 Å². The first-order chi connectivity index (χ1) is 11.1. The van der Waals surface area contributed by atoms with Crippen LogP contribution in [0, 0.1) is 18.6 Å². The second-order valence-electron chi connectivity index (χ2n) is 6.07. The van der Waals surface area contributed by atoms with Gasteiger partial charge < -0.3 is 0 Å². The molecule has 0 spiro atoms. The lowest BCUT2D eigenvalue weighted by Gasteiger charge is -2.34. The fraction of sp³-hybridized carbons (Fsp3) is 0.389. The first-order valence-corrected chi connectivity index (χ1v) is 7.91. The van der Waals surface area contributed by atoms with Crippen LogP contribution in [-0.2, 0) is 13.1 Å². The molecule has 0 atom stereocenters. The summed E-state index contributed by atoms with van der Waals surface area (Å²) in [6.07, 6.45) is 0. The number of rotatable bonds is 4. The largest absolute Gasteiger partial charge is 0.297 e. The van der Waals surface area contributed by atoms with E-state index in [0.29, 0.717) is 6.54 Å². The summed E-state index contributed by atoms with van der Waals surface area (Å²) in [7, 11) is 0. The fourth-order valence-electron chi connectivity index (χ4n) is 2.92. The van der Waals surface area contributed by atoms with Crippen molar-refractivity contribution in [3.05, 3.63) is 65.0 Å². The molecule has 0 N–H and O–H groups in total. The molecule has 0 aliphatic carbocycles. The lowest BCUT2D eigenvalue weighted by Crippen LogP contribution is -2.45. The van der Waals surface area contributed by atoms with Gasteiger partial charge in [0, 0.05) is 45.0 Å². The molecule has 0 unspecified atom stereocenters. The van der Waals surface area contributed by atoms with Gasteiger partial charge in [-0.3, -0.25) is 14.8 Å². The molecule has 1 fully saturated rings. The van der Waals surface area contributed by atoms with Crippen molar-refractivity contribution in [1.82, 2.24) is 14.8 Å². The highest BCUT2D eigenvalue weighted by atomic mass is 19.2. The number of piperazine rings is 1. The van der Waals surface area contributed by atoms with Crippen LogP contribution in [0.3, 0.4) is 0 Å². The minimum Gasteiger partial charge on any atom is -0.297 e. The maximum absolute atomic E-state index is 13.3. The average Bonchev–Trinajstić information content (AvgIpc) is 2.53. The van der Waals surface area contributed by atoms with Crippen LogP contribution in [0.2, 0.25) is 0 Å². The van der Waals surface area contributed by atoms with E-state index in [1.54, 1.807) is 6.07 Å². The van der Waals surface area contributed by atoms with Gasteiger partial charge in [-0.2, -0.15) is 0 Å². The number of aromatic nitrogens is 1. The zero-order valence-corrected chi connectivity index (χ0v) is 13.3. The third-order valence-electron chi connectivity index (χ3n) is 4.19. The number of nitrogens with zero attached hydrogens (tertiary/aromatic N) is 3. The van der Waals surface area contributed by atoms with Gasteiger partial charge in [0.25, 0.3) is 0 Å². The van der Waals surface area contributed by atoms with Crippen molar-refractivity contribution in [3.63, 3.8) is 0 Å². The number of hydrogen-bond donors (Lipinski definition) is 0. The molecule has 5 heteroatoms. The van der Waals surface area contributed by atoms with Crippen molar-refractivity contribution in [2.75, 3.05) is 26.2 Å². The second-order valence-corrected chi connectivity index (χ2v) is 6.07. The van der Waals surface area contributed by atoms with Crippen LogP contribution in [0.15, 0.2) is 36.4 Å². The van der Waals surface area contributed by atoms with Crippen LogP contribution in [0.25, 0.3) is 0 Å². The molecule has 1 aliphatic heterocycles. The molecule has 1 aliphatic rings. The van der Waals surface area contributed by atoms with Gasteiger partial charge in [-0.05, 0) is 36.8 Å². The Kier molecular flexibility index (Phi) is 4.98. The van der Waals surface area contributed by atoms with Crippen LogP contribution in [0.4, 0.5) is 8.78 Å². The molecule has 0 radical (unpaired) electrons. The van der Waals surface area contributed by atoms with Gasteiger partial charge >= 0.3 is 0 Å². The molecule has 122 valence electrons. The van der Waals surface area contributed by atoms with Crippen molar-refractivity contribution in [1.29, 1.82) is 0 Å². The van der Waals surface area contributed by atoms with Gasteiger partial charge in [-0.25, -0.2) is 8.78 Å². The standard InChI is InChI=1S/C18H21F2N3/c1-14-3-2-4-16(21-14)13-23-9-7-22(8-10-23)12-15-5-6-17(19)18(20)11-15/h2-6,11H,7-10,12-13H2,1H3. The minimum atomic E-state index is -0.788. The summed E-state index contributed by atoms with van der Waals surface area (Å²) < 4.78 is 26.2. The Hall–Kier alpha value is -1.85. The Labute approximate surface area is 135 Å². The van der Waals surface area contributed by atoms with Crippen LogP contribution in [-0.4, -0.2) is 41.0 Å². The Bertz CT molecular complexity index is 667. The quantitative estimate of drug-likeness (QED) is 0.864. The predicted molar refractivity (Wildman–Crippen MR) is 85.9 cm³/mol. The molecule has 0 amide bonds. The van der Waals surface area contributed by atoms with Crippen molar-refractivity contribution in [3.8, 4) is 0 Å². The molecule has 0 bridgehead atoms. The maximum atomic E-state index is 13.3. The molecule has 23 heavy (non-hydrogen) atoms. The maximum Gasteiger partial charge on any atom is 0.159 e. The normalized spacial score (nSPS) is 16.7. The Morgan fingerprint density at radius 3 is 2.26 bits per heavy atom. The molecule has 2 heterocycles. The minimum absolute atomic E-state index is 0.660. The number of aryl methyl sites for hydroxylation is 1. The van der Waals surface area contributed by atoms with Crippen LogP contribution in [0.5, 0.6) is 0 Å². The van der Waals surface area contributed by atoms with Crippen molar-refractivity contribution < 1.29 is 8.78 Å². The molecule has 1 aromatic carbocycles. The summed E-state index contributed by atoms with van der Waals surface area (Å²) in [5.74, 6) is -1.56. The lowest BCUT2D eigenvalue weighted by molar-refractivity contribution is 0.121. The lowest BCUT2D eigenvalue weighted by atomic mass is 10.2. The third kappa shape index (κ3) is 4.33. The van der Waals surface area contributed by atoms with E-state index in [9.17, 15) is 8.78 Å². The molecule has 3 rings (SSSR count). The highest BCUT2D eigenvalue weighted by Gasteiger charge is 2.18. The first kappa shape index (κ1) is 16.0. The number of hydrogen-bond acceptors (Lipinski definition) is 3. The zero-order valence-electron chi connectivity index (χ0n) is 13.3. The fourth-order valence-corrected chi connectivity index (χ4v) is 2.92. The first-order valence-electron chi connectivity index (χ1n) is 7.91. The Morgan fingerprint density at radius 2 is 1.61 bits per heavy atom. The molecule has 3 nitrogen and oxygen atoms in total. The van der Waals surface area contributed by atoms with Gasteiger partial charge in [0.05, 0.1) is 5.69 Å². The number of halogens is 2. The highest BCUT2D eigenvalue weighted by Crippen LogP contribution is 2.13. The van der Waals surface area contributed by atoms with Crippen molar-refractivity contribution >= 4 is 0 Å². The highest BCUT2D eigenvalue weighted by molar-refractivity contribution is 5.17. The van der Waals surface area contributed by atoms with Gasteiger partial charge in [-0.1, -0.05) is 12.1 Å². The predicted octanol–water partition coefficient (Wildman–Crippen LogP) is 2.99. The van der Waals surface area contributed by atoms with E-state index < -0.39 is 11.6 Å². The van der Waals surface area contributed by atoms with Gasteiger partial charge in [0.2, 0.25) is 0 Å². The summed E-state index contributed by atoms with van der Waals surface area (Å²) >= 11 is 0. The SMILES string of the molecule is Cc1cccc(CN2CCN(Cc3ccc(F)c(F)c3)CC2)n1. The summed E-state index contributed by atoms with van der Waals surface area (Å²) in [6.45, 7) is 7.28. The number of pyridine rings is 1. The van der Waals surface area contributed by atoms with E-state index in [1.165, 1.54) is 12.1 Å². The van der Waals surface area contributed by atoms with Gasteiger partial charge in [0.15, 0.2) is 11.6 Å². The summed E-state index contributed by atoms with van der Waals surface area (Å²) in [6, 6.07) is 10.2. The van der Waals surface area contributed by atoms with Crippen LogP contribution < -0.4 is 0 Å². The summed E-state index contributed by atoms with van der Waals surface area (Å²) in [4.78, 5) is 9.19. The van der Waals surface area contributed by atoms with Crippen LogP contribution in [0.1, 0.15) is 17.0 Å². The molecule has 2 aromatic rings. The Morgan fingerprint density at radius 1 is 0.913 bits per heavy atom. The van der Waals surface area contributed by atoms with Crippen molar-refractivity contribution in [2.24, 2.45) is 0 Å². The van der Waals surface area contributed by atoms with E-state index in [-0.39, 0.29) is 0 Å². The van der Waals surface area contributed by atoms with E-state index in [0.717, 1.165) is 49.7 Å². The van der Waals surface area contributed by atoms with Crippen LogP contribution >= 0.6 is 0 Å². The van der Waals surface area contributed by atoms with E-state index in [1.807, 2.05) is 19.1 Å². The topological polar surface area (TPSA) is 19.4 Å². The van der Waals surface area contributed by atoms with Crippen molar-refractivity contribution in [2.45, 2.75) is 20.0 Å². The molecule has 1 saturated heterocycles.